The molecule has 0 atom stereocenters. The van der Waals surface area contributed by atoms with Crippen molar-refractivity contribution in [1.82, 2.24) is 9.13 Å². The summed E-state index contributed by atoms with van der Waals surface area (Å²) in [5, 5.41) is 8.68. The fraction of sp³-hybridized carbons (Fsp3) is 0.0204. The van der Waals surface area contributed by atoms with Gasteiger partial charge in [-0.05, 0) is 66.2 Å². The van der Waals surface area contributed by atoms with Gasteiger partial charge in [0.05, 0.1) is 39.0 Å². The molecule has 8 heteroatoms. The van der Waals surface area contributed by atoms with Gasteiger partial charge in [-0.1, -0.05) is 97.1 Å². The third kappa shape index (κ3) is 4.59. The second-order valence-electron chi connectivity index (χ2n) is 14.6. The van der Waals surface area contributed by atoms with Gasteiger partial charge in [0.2, 0.25) is 0 Å². The lowest BCUT2D eigenvalue weighted by Gasteiger charge is -2.22. The zero-order valence-electron chi connectivity index (χ0n) is 29.9. The van der Waals surface area contributed by atoms with Crippen molar-refractivity contribution in [1.29, 1.82) is 0 Å². The second-order valence-corrected chi connectivity index (χ2v) is 16.8. The van der Waals surface area contributed by atoms with Crippen molar-refractivity contribution >= 4 is 112 Å². The zero-order valence-corrected chi connectivity index (χ0v) is 31.6. The number of anilines is 1. The molecule has 0 aliphatic rings. The number of hydrogen-bond donors (Lipinski definition) is 1. The van der Waals surface area contributed by atoms with E-state index in [4.69, 9.17) is 5.73 Å². The van der Waals surface area contributed by atoms with Crippen molar-refractivity contribution in [2.75, 3.05) is 5.73 Å². The first kappa shape index (κ1) is 32.6. The Morgan fingerprint density at radius 1 is 0.439 bits per heavy atom. The summed E-state index contributed by atoms with van der Waals surface area (Å²) in [6.07, 6.45) is -4.55. The summed E-state index contributed by atoms with van der Waals surface area (Å²) in [5.74, 6) is 0. The van der Waals surface area contributed by atoms with E-state index in [-0.39, 0.29) is 0 Å². The largest absolute Gasteiger partial charge is 0.416 e. The van der Waals surface area contributed by atoms with Crippen LogP contribution in [0.25, 0.3) is 106 Å². The Kier molecular flexibility index (Phi) is 6.70. The molecule has 0 unspecified atom stereocenters. The molecule has 0 spiro atoms. The van der Waals surface area contributed by atoms with Gasteiger partial charge >= 0.3 is 6.18 Å². The maximum absolute atomic E-state index is 14.7. The standard InChI is InChI=1S/C49H28F3N3S2/c50-49(51,52)28-11-9-10-27(24-28)44-38(54-36-16-5-1-12-30(36)32-20-22-42-45(47(32)54)34-14-3-7-18-40(34)56-42)25-29(53)26-39(44)55-37-17-6-2-13-31(37)33-21-23-43-46(48(33)55)35-15-4-8-19-41(35)57-43/h1-26H,53H2. The minimum atomic E-state index is -4.55. The van der Waals surface area contributed by atoms with Gasteiger partial charge < -0.3 is 14.9 Å². The maximum atomic E-state index is 14.7. The molecule has 12 aromatic rings. The topological polar surface area (TPSA) is 35.9 Å². The van der Waals surface area contributed by atoms with Crippen molar-refractivity contribution in [2.24, 2.45) is 0 Å². The highest BCUT2D eigenvalue weighted by molar-refractivity contribution is 7.26. The predicted octanol–water partition coefficient (Wildman–Crippen LogP) is 14.9. The molecule has 4 aromatic heterocycles. The Balaban J connectivity index is 1.33. The molecule has 4 heterocycles. The van der Waals surface area contributed by atoms with Crippen molar-refractivity contribution in [3.63, 3.8) is 0 Å². The summed E-state index contributed by atoms with van der Waals surface area (Å²) < 4.78 is 53.1. The summed E-state index contributed by atoms with van der Waals surface area (Å²) >= 11 is 3.48. The van der Waals surface area contributed by atoms with Crippen molar-refractivity contribution in [2.45, 2.75) is 6.18 Å². The molecule has 272 valence electrons. The fourth-order valence-electron chi connectivity index (χ4n) is 9.16. The molecule has 57 heavy (non-hydrogen) atoms. The molecular weight excluding hydrogens is 752 g/mol. The van der Waals surface area contributed by atoms with Crippen LogP contribution in [0.2, 0.25) is 0 Å². The first-order chi connectivity index (χ1) is 27.8. The molecule has 3 nitrogen and oxygen atoms in total. The average Bonchev–Trinajstić information content (AvgIpc) is 3.97. The lowest BCUT2D eigenvalue weighted by atomic mass is 9.97. The van der Waals surface area contributed by atoms with E-state index < -0.39 is 11.7 Å². The van der Waals surface area contributed by atoms with Gasteiger partial charge in [-0.3, -0.25) is 0 Å². The van der Waals surface area contributed by atoms with E-state index in [1.54, 1.807) is 28.7 Å². The molecule has 0 bridgehead atoms. The molecule has 8 aromatic carbocycles. The van der Waals surface area contributed by atoms with Crippen LogP contribution in [0.5, 0.6) is 0 Å². The van der Waals surface area contributed by atoms with Crippen LogP contribution in [0.15, 0.2) is 158 Å². The lowest BCUT2D eigenvalue weighted by Crippen LogP contribution is -2.08. The monoisotopic (exact) mass is 779 g/mol. The van der Waals surface area contributed by atoms with Gasteiger partial charge in [0.25, 0.3) is 0 Å². The first-order valence-corrected chi connectivity index (χ1v) is 20.3. The molecule has 0 aliphatic carbocycles. The number of nitrogens with two attached hydrogens (primary N) is 1. The van der Waals surface area contributed by atoms with Gasteiger partial charge in [-0.15, -0.1) is 22.7 Å². The van der Waals surface area contributed by atoms with Gasteiger partial charge in [-0.25, -0.2) is 0 Å². The van der Waals surface area contributed by atoms with Gasteiger partial charge in [0.15, 0.2) is 0 Å². The lowest BCUT2D eigenvalue weighted by molar-refractivity contribution is -0.137. The van der Waals surface area contributed by atoms with Crippen LogP contribution in [0, 0.1) is 0 Å². The van der Waals surface area contributed by atoms with Crippen molar-refractivity contribution in [3.05, 3.63) is 163 Å². The predicted molar refractivity (Wildman–Crippen MR) is 236 cm³/mol. The molecular formula is C49H28F3N3S2. The summed E-state index contributed by atoms with van der Waals surface area (Å²) in [5.41, 5.74) is 13.2. The van der Waals surface area contributed by atoms with Gasteiger partial charge in [0.1, 0.15) is 0 Å². The van der Waals surface area contributed by atoms with E-state index in [1.165, 1.54) is 21.5 Å². The molecule has 0 amide bonds. The van der Waals surface area contributed by atoms with Crippen LogP contribution < -0.4 is 5.73 Å². The molecule has 12 rings (SSSR count). The average molecular weight is 780 g/mol. The smallest absolute Gasteiger partial charge is 0.399 e. The van der Waals surface area contributed by atoms with Crippen LogP contribution in [0.4, 0.5) is 18.9 Å². The highest BCUT2D eigenvalue weighted by Crippen LogP contribution is 2.49. The Morgan fingerprint density at radius 2 is 0.912 bits per heavy atom. The fourth-order valence-corrected chi connectivity index (χ4v) is 11.4. The van der Waals surface area contributed by atoms with E-state index in [1.807, 2.05) is 36.4 Å². The minimum absolute atomic E-state index is 0.441. The maximum Gasteiger partial charge on any atom is 0.416 e. The number of hydrogen-bond acceptors (Lipinski definition) is 3. The van der Waals surface area contributed by atoms with E-state index in [0.717, 1.165) is 80.6 Å². The van der Waals surface area contributed by atoms with Crippen LogP contribution >= 0.6 is 22.7 Å². The van der Waals surface area contributed by atoms with Crippen LogP contribution in [-0.4, -0.2) is 9.13 Å². The Morgan fingerprint density at radius 3 is 1.42 bits per heavy atom. The molecule has 0 saturated carbocycles. The highest BCUT2D eigenvalue weighted by atomic mass is 32.1. The number of para-hydroxylation sites is 2. The zero-order chi connectivity index (χ0) is 38.2. The number of nitrogen functional groups attached to an aromatic ring is 1. The number of nitrogens with zero attached hydrogens (tertiary/aromatic N) is 2. The Hall–Kier alpha value is -6.61. The summed E-state index contributed by atoms with van der Waals surface area (Å²) in [6, 6.07) is 51.7. The number of alkyl halides is 3. The van der Waals surface area contributed by atoms with Crippen LogP contribution in [0.3, 0.4) is 0 Å². The Bertz CT molecular complexity index is 3450. The van der Waals surface area contributed by atoms with E-state index in [9.17, 15) is 13.2 Å². The molecule has 2 N–H and O–H groups in total. The van der Waals surface area contributed by atoms with E-state index in [0.29, 0.717) is 28.2 Å². The first-order valence-electron chi connectivity index (χ1n) is 18.6. The number of rotatable bonds is 3. The minimum Gasteiger partial charge on any atom is -0.399 e. The highest BCUT2D eigenvalue weighted by Gasteiger charge is 2.32. The number of thiophene rings is 2. The Labute approximate surface area is 330 Å². The summed E-state index contributed by atoms with van der Waals surface area (Å²) in [4.78, 5) is 0. The number of fused-ring (bicyclic) bond motifs is 14. The van der Waals surface area contributed by atoms with Crippen LogP contribution in [0.1, 0.15) is 5.56 Å². The third-order valence-corrected chi connectivity index (χ3v) is 13.7. The summed E-state index contributed by atoms with van der Waals surface area (Å²) in [7, 11) is 0. The number of halogens is 3. The number of aromatic nitrogens is 2. The summed E-state index contributed by atoms with van der Waals surface area (Å²) in [6.45, 7) is 0. The van der Waals surface area contributed by atoms with E-state index >= 15 is 0 Å². The quantitative estimate of drug-likeness (QED) is 0.178. The van der Waals surface area contributed by atoms with Gasteiger partial charge in [-0.2, -0.15) is 13.2 Å². The molecule has 0 aliphatic heterocycles. The second kappa shape index (κ2) is 11.7. The molecule has 0 saturated heterocycles. The van der Waals surface area contributed by atoms with E-state index in [2.05, 4.69) is 106 Å². The van der Waals surface area contributed by atoms with Gasteiger partial charge in [0, 0.05) is 73.1 Å². The number of benzene rings is 8. The molecule has 0 fully saturated rings. The third-order valence-electron chi connectivity index (χ3n) is 11.4. The SMILES string of the molecule is Nc1cc(-n2c3ccccc3c3ccc4sc5ccccc5c4c32)c(-c2cccc(C(F)(F)F)c2)c(-n2c3ccccc3c3ccc4sc5ccccc5c4c32)c1. The van der Waals surface area contributed by atoms with Crippen molar-refractivity contribution < 1.29 is 13.2 Å². The molecule has 0 radical (unpaired) electrons. The van der Waals surface area contributed by atoms with Crippen molar-refractivity contribution in [3.8, 4) is 22.5 Å². The normalized spacial score (nSPS) is 12.5. The van der Waals surface area contributed by atoms with Crippen LogP contribution in [-0.2, 0) is 6.18 Å².